The average Bonchev–Trinajstić information content (AvgIpc) is 2.42. The Bertz CT molecular complexity index is 591. The molecule has 1 atom stereocenters. The van der Waals surface area contributed by atoms with Gasteiger partial charge >= 0.3 is 0 Å². The molecule has 1 unspecified atom stereocenters. The zero-order chi connectivity index (χ0) is 14.9. The number of aliphatic hydroxyl groups excluding tert-OH is 1. The molecule has 0 amide bonds. The highest BCUT2D eigenvalue weighted by atomic mass is 32.2. The molecule has 0 spiro atoms. The van der Waals surface area contributed by atoms with Crippen molar-refractivity contribution < 1.29 is 17.9 Å². The van der Waals surface area contributed by atoms with Gasteiger partial charge in [0.15, 0.2) is 0 Å². The Balaban J connectivity index is 2.31. The maximum absolute atomic E-state index is 13.3. The summed E-state index contributed by atoms with van der Waals surface area (Å²) in [4.78, 5) is 2.12. The van der Waals surface area contributed by atoms with Gasteiger partial charge in [0.1, 0.15) is 5.82 Å². The van der Waals surface area contributed by atoms with Crippen LogP contribution in [0.4, 0.5) is 4.39 Å². The topological polar surface area (TPSA) is 60.9 Å². The summed E-state index contributed by atoms with van der Waals surface area (Å²) < 4.78 is 39.8. The van der Waals surface area contributed by atoms with E-state index in [1.165, 1.54) is 16.4 Å². The third kappa shape index (κ3) is 2.85. The molecule has 0 aromatic heterocycles. The lowest BCUT2D eigenvalue weighted by molar-refractivity contribution is 0.159. The maximum Gasteiger partial charge on any atom is 0.243 e. The summed E-state index contributed by atoms with van der Waals surface area (Å²) in [5, 5.41) is 9.04. The molecule has 1 fully saturated rings. The molecule has 1 aliphatic rings. The molecular weight excluding hydrogens is 283 g/mol. The molecule has 1 saturated heterocycles. The van der Waals surface area contributed by atoms with Gasteiger partial charge in [0, 0.05) is 31.2 Å². The van der Waals surface area contributed by atoms with E-state index in [2.05, 4.69) is 4.90 Å². The lowest BCUT2D eigenvalue weighted by atomic mass is 10.2. The molecule has 112 valence electrons. The van der Waals surface area contributed by atoms with E-state index in [9.17, 15) is 12.8 Å². The van der Waals surface area contributed by atoms with Crippen LogP contribution in [0.15, 0.2) is 23.1 Å². The van der Waals surface area contributed by atoms with Crippen LogP contribution >= 0.6 is 0 Å². The van der Waals surface area contributed by atoms with Gasteiger partial charge in [0.25, 0.3) is 0 Å². The fourth-order valence-corrected chi connectivity index (χ4v) is 3.78. The Morgan fingerprint density at radius 2 is 2.10 bits per heavy atom. The van der Waals surface area contributed by atoms with Gasteiger partial charge in [-0.05, 0) is 32.2 Å². The van der Waals surface area contributed by atoms with Gasteiger partial charge in [-0.25, -0.2) is 12.8 Å². The second-order valence-corrected chi connectivity index (χ2v) is 7.04. The molecule has 1 aromatic carbocycles. The minimum Gasteiger partial charge on any atom is -0.392 e. The molecule has 0 aliphatic carbocycles. The summed E-state index contributed by atoms with van der Waals surface area (Å²) in [7, 11) is -1.68. The molecule has 1 heterocycles. The van der Waals surface area contributed by atoms with E-state index in [-0.39, 0.29) is 16.5 Å². The summed E-state index contributed by atoms with van der Waals surface area (Å²) >= 11 is 0. The van der Waals surface area contributed by atoms with E-state index in [1.54, 1.807) is 0 Å². The SMILES string of the molecule is CC1CN(S(=O)(=O)c2ccc(F)c(CO)c2)CCN1C. The van der Waals surface area contributed by atoms with Gasteiger partial charge in [0.2, 0.25) is 10.0 Å². The monoisotopic (exact) mass is 302 g/mol. The molecule has 2 rings (SSSR count). The van der Waals surface area contributed by atoms with Gasteiger partial charge in [-0.2, -0.15) is 4.31 Å². The van der Waals surface area contributed by atoms with E-state index in [4.69, 9.17) is 5.11 Å². The van der Waals surface area contributed by atoms with Gasteiger partial charge in [0.05, 0.1) is 11.5 Å². The second kappa shape index (κ2) is 5.77. The van der Waals surface area contributed by atoms with Crippen molar-refractivity contribution in [1.29, 1.82) is 0 Å². The van der Waals surface area contributed by atoms with Crippen molar-refractivity contribution in [3.63, 3.8) is 0 Å². The largest absolute Gasteiger partial charge is 0.392 e. The normalized spacial score (nSPS) is 22.1. The number of rotatable bonds is 3. The Morgan fingerprint density at radius 3 is 2.70 bits per heavy atom. The van der Waals surface area contributed by atoms with Crippen LogP contribution in [0.2, 0.25) is 0 Å². The van der Waals surface area contributed by atoms with Gasteiger partial charge < -0.3 is 10.0 Å². The number of aliphatic hydroxyl groups is 1. The fourth-order valence-electron chi connectivity index (χ4n) is 2.22. The number of halogens is 1. The first-order valence-electron chi connectivity index (χ1n) is 6.46. The highest BCUT2D eigenvalue weighted by molar-refractivity contribution is 7.89. The zero-order valence-corrected chi connectivity index (χ0v) is 12.4. The molecular formula is C13H19FN2O3S. The maximum atomic E-state index is 13.3. The van der Waals surface area contributed by atoms with Crippen molar-refractivity contribution in [2.45, 2.75) is 24.5 Å². The lowest BCUT2D eigenvalue weighted by Gasteiger charge is -2.36. The van der Waals surface area contributed by atoms with Gasteiger partial charge in [-0.3, -0.25) is 0 Å². The Morgan fingerprint density at radius 1 is 1.40 bits per heavy atom. The zero-order valence-electron chi connectivity index (χ0n) is 11.6. The van der Waals surface area contributed by atoms with Crippen LogP contribution in [0.25, 0.3) is 0 Å². The average molecular weight is 302 g/mol. The third-order valence-electron chi connectivity index (χ3n) is 3.75. The van der Waals surface area contributed by atoms with Crippen LogP contribution in [-0.2, 0) is 16.6 Å². The Kier molecular flexibility index (Phi) is 4.43. The number of piperazine rings is 1. The standard InChI is InChI=1S/C13H19FN2O3S/c1-10-8-16(6-5-15(10)2)20(18,19)12-3-4-13(14)11(7-12)9-17/h3-4,7,10,17H,5-6,8-9H2,1-2H3. The molecule has 0 bridgehead atoms. The minimum atomic E-state index is -3.64. The summed E-state index contributed by atoms with van der Waals surface area (Å²) in [5.74, 6) is -0.599. The molecule has 1 aromatic rings. The van der Waals surface area contributed by atoms with Crippen molar-refractivity contribution in [3.05, 3.63) is 29.6 Å². The molecule has 20 heavy (non-hydrogen) atoms. The first kappa shape index (κ1) is 15.4. The van der Waals surface area contributed by atoms with Crippen molar-refractivity contribution in [3.8, 4) is 0 Å². The van der Waals surface area contributed by atoms with Crippen LogP contribution in [0.5, 0.6) is 0 Å². The smallest absolute Gasteiger partial charge is 0.243 e. The molecule has 0 radical (unpaired) electrons. The van der Waals surface area contributed by atoms with Crippen LogP contribution < -0.4 is 0 Å². The highest BCUT2D eigenvalue weighted by Crippen LogP contribution is 2.21. The quantitative estimate of drug-likeness (QED) is 0.890. The van der Waals surface area contributed by atoms with Crippen LogP contribution in [-0.4, -0.2) is 55.5 Å². The van der Waals surface area contributed by atoms with E-state index < -0.39 is 22.4 Å². The van der Waals surface area contributed by atoms with E-state index >= 15 is 0 Å². The summed E-state index contributed by atoms with van der Waals surface area (Å²) in [5.41, 5.74) is -0.00625. The van der Waals surface area contributed by atoms with Crippen molar-refractivity contribution in [2.24, 2.45) is 0 Å². The lowest BCUT2D eigenvalue weighted by Crippen LogP contribution is -2.51. The number of likely N-dealkylation sites (N-methyl/N-ethyl adjacent to an activating group) is 1. The summed E-state index contributed by atoms with van der Waals surface area (Å²) in [6, 6.07) is 3.66. The molecule has 7 heteroatoms. The minimum absolute atomic E-state index is 0.00625. The molecule has 5 nitrogen and oxygen atoms in total. The van der Waals surface area contributed by atoms with Crippen molar-refractivity contribution >= 4 is 10.0 Å². The van der Waals surface area contributed by atoms with E-state index in [1.807, 2.05) is 14.0 Å². The van der Waals surface area contributed by atoms with E-state index in [0.717, 1.165) is 6.07 Å². The first-order valence-corrected chi connectivity index (χ1v) is 7.90. The van der Waals surface area contributed by atoms with Crippen molar-refractivity contribution in [2.75, 3.05) is 26.7 Å². The van der Waals surface area contributed by atoms with Crippen molar-refractivity contribution in [1.82, 2.24) is 9.21 Å². The highest BCUT2D eigenvalue weighted by Gasteiger charge is 2.31. The predicted molar refractivity (Wildman–Crippen MR) is 73.2 cm³/mol. The van der Waals surface area contributed by atoms with E-state index in [0.29, 0.717) is 19.6 Å². The third-order valence-corrected chi connectivity index (χ3v) is 5.61. The number of hydrogen-bond acceptors (Lipinski definition) is 4. The first-order chi connectivity index (χ1) is 9.36. The summed E-state index contributed by atoms with van der Waals surface area (Å²) in [6.07, 6.45) is 0. The second-order valence-electron chi connectivity index (χ2n) is 5.10. The summed E-state index contributed by atoms with van der Waals surface area (Å²) in [6.45, 7) is 2.92. The van der Waals surface area contributed by atoms with Crippen LogP contribution in [0.3, 0.4) is 0 Å². The fraction of sp³-hybridized carbons (Fsp3) is 0.538. The number of hydrogen-bond donors (Lipinski definition) is 1. The Labute approximate surface area is 118 Å². The van der Waals surface area contributed by atoms with Crippen LogP contribution in [0.1, 0.15) is 12.5 Å². The van der Waals surface area contributed by atoms with Gasteiger partial charge in [-0.1, -0.05) is 0 Å². The molecule has 1 N–H and O–H groups in total. The predicted octanol–water partition coefficient (Wildman–Crippen LogP) is 0.643. The number of sulfonamides is 1. The number of benzene rings is 1. The molecule has 1 aliphatic heterocycles. The Hall–Kier alpha value is -1.02. The van der Waals surface area contributed by atoms with Crippen LogP contribution in [0, 0.1) is 5.82 Å². The number of nitrogens with zero attached hydrogens (tertiary/aromatic N) is 2. The van der Waals surface area contributed by atoms with Gasteiger partial charge in [-0.15, -0.1) is 0 Å². The molecule has 0 saturated carbocycles.